The summed E-state index contributed by atoms with van der Waals surface area (Å²) in [6.07, 6.45) is -0.501. The molecule has 1 aromatic carbocycles. The smallest absolute Gasteiger partial charge is 0.375 e. The summed E-state index contributed by atoms with van der Waals surface area (Å²) in [6, 6.07) is 5.01. The molecule has 0 saturated carbocycles. The Hall–Kier alpha value is -1.60. The Kier molecular flexibility index (Phi) is 6.19. The molecule has 4 nitrogen and oxygen atoms in total. The highest BCUT2D eigenvalue weighted by molar-refractivity contribution is 5.96. The Morgan fingerprint density at radius 3 is 2.54 bits per heavy atom. The summed E-state index contributed by atoms with van der Waals surface area (Å²) in [5.74, 6) is -0.563. The van der Waals surface area contributed by atoms with E-state index in [1.807, 2.05) is 0 Å². The number of carbonyl (C=O) groups excluding carboxylic acids is 1. The number of halogens is 3. The molecule has 2 fully saturated rings. The molecular formula is C19H25F3N2O2. The Bertz CT molecular complexity index is 615. The zero-order chi connectivity index (χ0) is 18.6. The van der Waals surface area contributed by atoms with Gasteiger partial charge in [-0.2, -0.15) is 13.2 Å². The predicted molar refractivity (Wildman–Crippen MR) is 92.0 cm³/mol. The Balaban J connectivity index is 1.72. The number of carbonyl (C=O) groups is 1. The standard InChI is InChI=1S/C19H25F3N2O2/c20-19(21,22)17-8-3-2-7-16(17)18(25)24-11-6-12-26-15(14-24)13-23-9-4-1-5-10-23/h2-3,7-8,15H,1,4-6,9-14H2/t15-/m1/s1. The van der Waals surface area contributed by atoms with Crippen LogP contribution >= 0.6 is 0 Å². The van der Waals surface area contributed by atoms with Crippen molar-refractivity contribution in [1.29, 1.82) is 0 Å². The summed E-state index contributed by atoms with van der Waals surface area (Å²) in [5, 5.41) is 0. The minimum atomic E-state index is -4.54. The molecule has 3 rings (SSSR count). The van der Waals surface area contributed by atoms with E-state index in [-0.39, 0.29) is 11.7 Å². The van der Waals surface area contributed by atoms with Crippen molar-refractivity contribution in [2.45, 2.75) is 38.0 Å². The number of piperidine rings is 1. The lowest BCUT2D eigenvalue weighted by atomic mass is 10.1. The fourth-order valence-electron chi connectivity index (χ4n) is 3.71. The summed E-state index contributed by atoms with van der Waals surface area (Å²) < 4.78 is 45.6. The third-order valence-electron chi connectivity index (χ3n) is 5.01. The zero-order valence-electron chi connectivity index (χ0n) is 14.8. The van der Waals surface area contributed by atoms with Crippen molar-refractivity contribution in [2.24, 2.45) is 0 Å². The lowest BCUT2D eigenvalue weighted by Crippen LogP contribution is -2.44. The van der Waals surface area contributed by atoms with Gasteiger partial charge in [0.05, 0.1) is 17.2 Å². The monoisotopic (exact) mass is 370 g/mol. The molecule has 7 heteroatoms. The van der Waals surface area contributed by atoms with Crippen molar-refractivity contribution < 1.29 is 22.7 Å². The van der Waals surface area contributed by atoms with Crippen molar-refractivity contribution in [1.82, 2.24) is 9.80 Å². The van der Waals surface area contributed by atoms with Gasteiger partial charge in [-0.1, -0.05) is 18.6 Å². The maximum atomic E-state index is 13.2. The van der Waals surface area contributed by atoms with Gasteiger partial charge in [-0.15, -0.1) is 0 Å². The lowest BCUT2D eigenvalue weighted by Gasteiger charge is -2.31. The van der Waals surface area contributed by atoms with E-state index in [9.17, 15) is 18.0 Å². The number of hydrogen-bond donors (Lipinski definition) is 0. The number of amides is 1. The van der Waals surface area contributed by atoms with Crippen LogP contribution in [0, 0.1) is 0 Å². The summed E-state index contributed by atoms with van der Waals surface area (Å²) in [4.78, 5) is 16.7. The maximum absolute atomic E-state index is 13.2. The van der Waals surface area contributed by atoms with E-state index < -0.39 is 17.6 Å². The van der Waals surface area contributed by atoms with Crippen molar-refractivity contribution in [3.05, 3.63) is 35.4 Å². The average molecular weight is 370 g/mol. The molecule has 26 heavy (non-hydrogen) atoms. The molecule has 144 valence electrons. The number of likely N-dealkylation sites (tertiary alicyclic amines) is 1. The fourth-order valence-corrected chi connectivity index (χ4v) is 3.71. The van der Waals surface area contributed by atoms with Gasteiger partial charge in [-0.3, -0.25) is 4.79 Å². The Morgan fingerprint density at radius 1 is 1.08 bits per heavy atom. The first-order valence-electron chi connectivity index (χ1n) is 9.24. The van der Waals surface area contributed by atoms with Crippen LogP contribution < -0.4 is 0 Å². The van der Waals surface area contributed by atoms with E-state index in [1.54, 1.807) is 0 Å². The minimum absolute atomic E-state index is 0.155. The molecule has 0 bridgehead atoms. The van der Waals surface area contributed by atoms with Crippen molar-refractivity contribution in [3.63, 3.8) is 0 Å². The molecule has 1 aromatic rings. The molecule has 2 aliphatic heterocycles. The quantitative estimate of drug-likeness (QED) is 0.817. The van der Waals surface area contributed by atoms with Crippen LogP contribution in [0.25, 0.3) is 0 Å². The largest absolute Gasteiger partial charge is 0.417 e. The van der Waals surface area contributed by atoms with Crippen LogP contribution in [-0.2, 0) is 10.9 Å². The summed E-state index contributed by atoms with van der Waals surface area (Å²) in [5.41, 5.74) is -1.15. The Morgan fingerprint density at radius 2 is 1.81 bits per heavy atom. The minimum Gasteiger partial charge on any atom is -0.375 e. The highest BCUT2D eigenvalue weighted by Crippen LogP contribution is 2.32. The zero-order valence-corrected chi connectivity index (χ0v) is 14.8. The highest BCUT2D eigenvalue weighted by atomic mass is 19.4. The van der Waals surface area contributed by atoms with Gasteiger partial charge in [-0.05, 0) is 44.5 Å². The summed E-state index contributed by atoms with van der Waals surface area (Å²) in [6.45, 7) is 4.05. The van der Waals surface area contributed by atoms with E-state index in [1.165, 1.54) is 29.5 Å². The lowest BCUT2D eigenvalue weighted by molar-refractivity contribution is -0.138. The predicted octanol–water partition coefficient (Wildman–Crippen LogP) is 3.42. The first kappa shape index (κ1) is 19.2. The number of ether oxygens (including phenoxy) is 1. The molecule has 1 amide bonds. The van der Waals surface area contributed by atoms with E-state index in [4.69, 9.17) is 4.74 Å². The normalized spacial score (nSPS) is 22.9. The molecule has 0 aromatic heterocycles. The second-order valence-corrected chi connectivity index (χ2v) is 7.00. The maximum Gasteiger partial charge on any atom is 0.417 e. The number of nitrogens with zero attached hydrogens (tertiary/aromatic N) is 2. The van der Waals surface area contributed by atoms with Crippen LogP contribution in [0.5, 0.6) is 0 Å². The highest BCUT2D eigenvalue weighted by Gasteiger charge is 2.36. The van der Waals surface area contributed by atoms with E-state index in [2.05, 4.69) is 4.90 Å². The van der Waals surface area contributed by atoms with Crippen LogP contribution in [-0.4, -0.2) is 61.1 Å². The van der Waals surface area contributed by atoms with Gasteiger partial charge in [0.25, 0.3) is 5.91 Å². The van der Waals surface area contributed by atoms with Gasteiger partial charge in [0.2, 0.25) is 0 Å². The van der Waals surface area contributed by atoms with Gasteiger partial charge >= 0.3 is 6.18 Å². The number of alkyl halides is 3. The molecule has 0 N–H and O–H groups in total. The molecule has 0 unspecified atom stereocenters. The third kappa shape index (κ3) is 4.76. The molecule has 0 spiro atoms. The molecular weight excluding hydrogens is 345 g/mol. The van der Waals surface area contributed by atoms with Crippen molar-refractivity contribution >= 4 is 5.91 Å². The Labute approximate surface area is 151 Å². The molecule has 2 aliphatic rings. The summed E-state index contributed by atoms with van der Waals surface area (Å²) >= 11 is 0. The SMILES string of the molecule is O=C(c1ccccc1C(F)(F)F)N1CCCO[C@H](CN2CCCCC2)C1. The molecule has 2 saturated heterocycles. The van der Waals surface area contributed by atoms with Crippen molar-refractivity contribution in [3.8, 4) is 0 Å². The van der Waals surface area contributed by atoms with Crippen LogP contribution in [0.1, 0.15) is 41.6 Å². The van der Waals surface area contributed by atoms with Gasteiger partial charge in [0.15, 0.2) is 0 Å². The van der Waals surface area contributed by atoms with Crippen molar-refractivity contribution in [2.75, 3.05) is 39.3 Å². The van der Waals surface area contributed by atoms with E-state index in [0.717, 1.165) is 38.5 Å². The molecule has 0 radical (unpaired) electrons. The van der Waals surface area contributed by atoms with Gasteiger partial charge < -0.3 is 14.5 Å². The van der Waals surface area contributed by atoms with Crippen LogP contribution in [0.4, 0.5) is 13.2 Å². The number of benzene rings is 1. The van der Waals surface area contributed by atoms with Gasteiger partial charge in [0, 0.05) is 26.2 Å². The molecule has 0 aliphatic carbocycles. The fraction of sp³-hybridized carbons (Fsp3) is 0.632. The third-order valence-corrected chi connectivity index (χ3v) is 5.01. The number of rotatable bonds is 3. The average Bonchev–Trinajstić information content (AvgIpc) is 2.87. The topological polar surface area (TPSA) is 32.8 Å². The van der Waals surface area contributed by atoms with E-state index >= 15 is 0 Å². The molecule has 2 heterocycles. The van der Waals surface area contributed by atoms with Gasteiger partial charge in [-0.25, -0.2) is 0 Å². The summed E-state index contributed by atoms with van der Waals surface area (Å²) in [7, 11) is 0. The second kappa shape index (κ2) is 8.39. The van der Waals surface area contributed by atoms with E-state index in [0.29, 0.717) is 26.1 Å². The second-order valence-electron chi connectivity index (χ2n) is 7.00. The van der Waals surface area contributed by atoms with Crippen LogP contribution in [0.2, 0.25) is 0 Å². The first-order chi connectivity index (χ1) is 12.4. The molecule has 1 atom stereocenters. The number of hydrogen-bond acceptors (Lipinski definition) is 3. The first-order valence-corrected chi connectivity index (χ1v) is 9.24. The van der Waals surface area contributed by atoms with Crippen LogP contribution in [0.3, 0.4) is 0 Å². The van der Waals surface area contributed by atoms with Gasteiger partial charge in [0.1, 0.15) is 0 Å². The van der Waals surface area contributed by atoms with Crippen LogP contribution in [0.15, 0.2) is 24.3 Å².